The smallest absolute Gasteiger partial charge is 0.246 e. The number of aromatic nitrogens is 5. The van der Waals surface area contributed by atoms with Crippen LogP contribution in [0.25, 0.3) is 15.9 Å². The molecule has 1 N–H and O–H groups in total. The summed E-state index contributed by atoms with van der Waals surface area (Å²) in [5.41, 5.74) is 3.86. The van der Waals surface area contributed by atoms with E-state index in [0.29, 0.717) is 24.7 Å². The molecule has 0 radical (unpaired) electrons. The molecule has 5 aromatic rings. The van der Waals surface area contributed by atoms with Gasteiger partial charge in [0.2, 0.25) is 5.91 Å². The van der Waals surface area contributed by atoms with E-state index in [1.54, 1.807) is 28.3 Å². The summed E-state index contributed by atoms with van der Waals surface area (Å²) in [6.07, 6.45) is 7.78. The van der Waals surface area contributed by atoms with Gasteiger partial charge in [-0.25, -0.2) is 19.5 Å². The van der Waals surface area contributed by atoms with Crippen molar-refractivity contribution < 1.29 is 9.53 Å². The molecule has 11 heteroatoms. The van der Waals surface area contributed by atoms with Crippen molar-refractivity contribution in [1.29, 1.82) is 0 Å². The highest BCUT2D eigenvalue weighted by Crippen LogP contribution is 2.38. The fourth-order valence-corrected chi connectivity index (χ4v) is 6.03. The quantitative estimate of drug-likeness (QED) is 0.284. The Morgan fingerprint density at radius 2 is 2.08 bits per heavy atom. The maximum atomic E-state index is 12.7. The first-order chi connectivity index (χ1) is 19.3. The summed E-state index contributed by atoms with van der Waals surface area (Å²) in [6, 6.07) is 9.72. The van der Waals surface area contributed by atoms with Crippen molar-refractivity contribution in [3.05, 3.63) is 76.8 Å². The predicted molar refractivity (Wildman–Crippen MR) is 156 cm³/mol. The summed E-state index contributed by atoms with van der Waals surface area (Å²) < 4.78 is 7.89. The Labute approximate surface area is 235 Å². The number of thiophene rings is 1. The Kier molecular flexibility index (Phi) is 6.91. The van der Waals surface area contributed by atoms with Crippen LogP contribution in [0.3, 0.4) is 0 Å². The number of pyridine rings is 1. The van der Waals surface area contributed by atoms with E-state index in [4.69, 9.17) is 4.74 Å². The zero-order valence-corrected chi connectivity index (χ0v) is 23.7. The van der Waals surface area contributed by atoms with Crippen LogP contribution in [0.15, 0.2) is 55.0 Å². The minimum absolute atomic E-state index is 0.0451. The van der Waals surface area contributed by atoms with E-state index in [1.165, 1.54) is 10.4 Å². The molecule has 0 spiro atoms. The molecule has 40 heavy (non-hydrogen) atoms. The molecule has 1 aliphatic heterocycles. The van der Waals surface area contributed by atoms with Crippen LogP contribution >= 0.6 is 11.3 Å². The van der Waals surface area contributed by atoms with E-state index in [2.05, 4.69) is 25.4 Å². The van der Waals surface area contributed by atoms with Crippen molar-refractivity contribution in [2.24, 2.45) is 0 Å². The number of hydrogen-bond acceptors (Lipinski definition) is 9. The molecule has 5 heterocycles. The number of rotatable bonds is 7. The van der Waals surface area contributed by atoms with E-state index < -0.39 is 0 Å². The number of fused-ring (bicyclic) bond motifs is 4. The Balaban J connectivity index is 1.20. The molecule has 0 fully saturated rings. The van der Waals surface area contributed by atoms with Gasteiger partial charge in [-0.2, -0.15) is 5.10 Å². The lowest BCUT2D eigenvalue weighted by atomic mass is 10.0. The number of carbonyl (C=O) groups excluding carboxylic acids is 1. The third-order valence-corrected chi connectivity index (χ3v) is 7.88. The number of benzene rings is 1. The van der Waals surface area contributed by atoms with Gasteiger partial charge in [-0.1, -0.05) is 6.08 Å². The second-order valence-electron chi connectivity index (χ2n) is 10.1. The molecule has 6 rings (SSSR count). The topological polar surface area (TPSA) is 101 Å². The average molecular weight is 555 g/mol. The first-order valence-electron chi connectivity index (χ1n) is 13.1. The molecule has 204 valence electrons. The lowest BCUT2D eigenvalue weighted by molar-refractivity contribution is -0.126. The van der Waals surface area contributed by atoms with Gasteiger partial charge in [0.05, 0.1) is 11.9 Å². The van der Waals surface area contributed by atoms with E-state index in [-0.39, 0.29) is 5.91 Å². The van der Waals surface area contributed by atoms with Crippen LogP contribution < -0.4 is 10.1 Å². The SMILES string of the molecule is Cc1nc2cc(Oc3ccc(Nc4ncnc5sc6c(c45)CCN(C(=O)/C=C/CN(C)C)C6)cc3C)ccn2n1. The zero-order chi connectivity index (χ0) is 27.8. The lowest BCUT2D eigenvalue weighted by Crippen LogP contribution is -2.34. The standard InChI is InChI=1S/C29H30N8O2S/c1-18-14-20(7-8-23(18)39-21-9-13-37-25(15-21)32-19(2)34-37)33-28-27-22-10-12-36(26(38)6-5-11-35(3)4)16-24(22)40-29(27)31-17-30-28/h5-9,13-15,17H,10-12,16H2,1-4H3,(H,30,31,33)/b6-5+. The third kappa shape index (κ3) is 5.25. The van der Waals surface area contributed by atoms with Crippen LogP contribution in [0.4, 0.5) is 11.5 Å². The monoisotopic (exact) mass is 554 g/mol. The van der Waals surface area contributed by atoms with Crippen molar-refractivity contribution in [2.75, 3.05) is 32.5 Å². The van der Waals surface area contributed by atoms with Gasteiger partial charge in [0.1, 0.15) is 34.3 Å². The number of hydrogen-bond donors (Lipinski definition) is 1. The minimum atomic E-state index is 0.0451. The van der Waals surface area contributed by atoms with Gasteiger partial charge in [-0.15, -0.1) is 11.3 Å². The van der Waals surface area contributed by atoms with Gasteiger partial charge in [-0.3, -0.25) is 4.79 Å². The van der Waals surface area contributed by atoms with Gasteiger partial charge in [0, 0.05) is 42.0 Å². The largest absolute Gasteiger partial charge is 0.457 e. The average Bonchev–Trinajstić information content (AvgIpc) is 3.49. The highest BCUT2D eigenvalue weighted by Gasteiger charge is 2.25. The second kappa shape index (κ2) is 10.7. The van der Waals surface area contributed by atoms with Gasteiger partial charge < -0.3 is 19.9 Å². The van der Waals surface area contributed by atoms with Crippen LogP contribution in [0, 0.1) is 13.8 Å². The summed E-state index contributed by atoms with van der Waals surface area (Å²) in [6.45, 7) is 5.88. The summed E-state index contributed by atoms with van der Waals surface area (Å²) in [5, 5.41) is 8.84. The molecular formula is C29H30N8O2S. The maximum absolute atomic E-state index is 12.7. The number of carbonyl (C=O) groups is 1. The molecule has 0 unspecified atom stereocenters. The van der Waals surface area contributed by atoms with Gasteiger partial charge in [-0.05, 0) is 69.8 Å². The number of nitrogens with zero attached hydrogens (tertiary/aromatic N) is 7. The van der Waals surface area contributed by atoms with E-state index in [9.17, 15) is 4.79 Å². The maximum Gasteiger partial charge on any atom is 0.246 e. The molecule has 4 aromatic heterocycles. The van der Waals surface area contributed by atoms with E-state index in [1.807, 2.05) is 80.3 Å². The second-order valence-corrected chi connectivity index (χ2v) is 11.2. The van der Waals surface area contributed by atoms with Crippen LogP contribution in [-0.4, -0.2) is 67.5 Å². The highest BCUT2D eigenvalue weighted by atomic mass is 32.1. The highest BCUT2D eigenvalue weighted by molar-refractivity contribution is 7.19. The summed E-state index contributed by atoms with van der Waals surface area (Å²) in [4.78, 5) is 32.3. The Bertz CT molecular complexity index is 1760. The molecule has 1 aromatic carbocycles. The number of anilines is 2. The number of ether oxygens (including phenoxy) is 1. The molecule has 0 aliphatic carbocycles. The minimum Gasteiger partial charge on any atom is -0.457 e. The first-order valence-corrected chi connectivity index (χ1v) is 13.9. The van der Waals surface area contributed by atoms with Crippen LogP contribution in [-0.2, 0) is 17.8 Å². The molecule has 1 aliphatic rings. The molecule has 0 atom stereocenters. The van der Waals surface area contributed by atoms with Gasteiger partial charge in [0.25, 0.3) is 0 Å². The van der Waals surface area contributed by atoms with Crippen molar-refractivity contribution in [1.82, 2.24) is 34.4 Å². The Morgan fingerprint density at radius 3 is 2.90 bits per heavy atom. The normalized spacial score (nSPS) is 13.5. The molecule has 10 nitrogen and oxygen atoms in total. The number of aryl methyl sites for hydroxylation is 2. The first kappa shape index (κ1) is 25.9. The van der Waals surface area contributed by atoms with E-state index >= 15 is 0 Å². The van der Waals surface area contributed by atoms with Crippen molar-refractivity contribution >= 4 is 44.6 Å². The van der Waals surface area contributed by atoms with Crippen molar-refractivity contribution in [3.63, 3.8) is 0 Å². The molecule has 0 saturated carbocycles. The lowest BCUT2D eigenvalue weighted by Gasteiger charge is -2.26. The Morgan fingerprint density at radius 1 is 1.20 bits per heavy atom. The molecule has 0 bridgehead atoms. The fourth-order valence-electron chi connectivity index (χ4n) is 4.82. The number of nitrogens with one attached hydrogen (secondary N) is 1. The predicted octanol–water partition coefficient (Wildman–Crippen LogP) is 4.89. The van der Waals surface area contributed by atoms with Crippen LogP contribution in [0.1, 0.15) is 21.8 Å². The molecule has 0 saturated heterocycles. The zero-order valence-electron chi connectivity index (χ0n) is 22.9. The van der Waals surface area contributed by atoms with Crippen LogP contribution in [0.5, 0.6) is 11.5 Å². The van der Waals surface area contributed by atoms with Crippen molar-refractivity contribution in [3.8, 4) is 11.5 Å². The number of likely N-dealkylation sites (N-methyl/N-ethyl adjacent to an activating group) is 1. The Hall–Kier alpha value is -4.35. The van der Waals surface area contributed by atoms with Gasteiger partial charge >= 0.3 is 0 Å². The summed E-state index contributed by atoms with van der Waals surface area (Å²) in [5.74, 6) is 2.99. The molecular weight excluding hydrogens is 524 g/mol. The fraction of sp³-hybridized carbons (Fsp3) is 0.276. The van der Waals surface area contributed by atoms with Crippen molar-refractivity contribution in [2.45, 2.75) is 26.8 Å². The van der Waals surface area contributed by atoms with E-state index in [0.717, 1.165) is 51.6 Å². The van der Waals surface area contributed by atoms with Gasteiger partial charge in [0.15, 0.2) is 5.65 Å². The molecule has 1 amide bonds. The van der Waals surface area contributed by atoms with Crippen LogP contribution in [0.2, 0.25) is 0 Å². The third-order valence-electron chi connectivity index (χ3n) is 6.76. The number of amides is 1. The summed E-state index contributed by atoms with van der Waals surface area (Å²) >= 11 is 1.63. The summed E-state index contributed by atoms with van der Waals surface area (Å²) in [7, 11) is 3.97.